The summed E-state index contributed by atoms with van der Waals surface area (Å²) in [5, 5.41) is 9.25. The van der Waals surface area contributed by atoms with Crippen LogP contribution in [0.1, 0.15) is 80.0 Å². The van der Waals surface area contributed by atoms with E-state index in [0.29, 0.717) is 35.0 Å². The normalized spacial score (nSPS) is 13.5. The van der Waals surface area contributed by atoms with E-state index in [-0.39, 0.29) is 68.7 Å². The lowest BCUT2D eigenvalue weighted by Gasteiger charge is -2.14. The van der Waals surface area contributed by atoms with Gasteiger partial charge in [-0.05, 0) is 60.4 Å². The van der Waals surface area contributed by atoms with E-state index >= 15 is 0 Å². The summed E-state index contributed by atoms with van der Waals surface area (Å²) in [7, 11) is 1.38. The molecule has 9 heterocycles. The number of hydrogen-bond acceptors (Lipinski definition) is 13. The number of aromatic nitrogens is 13. The third-order valence-electron chi connectivity index (χ3n) is 14.9. The van der Waals surface area contributed by atoms with Crippen molar-refractivity contribution >= 4 is 22.6 Å². The SMILES string of the molecule is CC(F)(F)c1cnc2cnc(-c3ccc(C(F)(F)F)cc3)cn12.CC(F)(F)c1cnc2cnc(-c3ccc(C4(C#N)CC4)cc3)cn12.CC(F)(F)c1cnc2cnc(-c3cnc(OCC(F)(F)F)c(F)c3)cn12.COCc1cc(OC(F)(F)F)ccc1-c1cn2c(C(C)(F)F)cnc2cn1. The van der Waals surface area contributed by atoms with Gasteiger partial charge < -0.3 is 14.2 Å². The first kappa shape index (κ1) is 71.8. The highest BCUT2D eigenvalue weighted by atomic mass is 19.4. The van der Waals surface area contributed by atoms with E-state index in [2.05, 4.69) is 60.4 Å². The van der Waals surface area contributed by atoms with Gasteiger partial charge in [0.25, 0.3) is 29.6 Å². The van der Waals surface area contributed by atoms with E-state index < -0.39 is 77.7 Å². The number of alkyl halides is 17. The molecule has 9 aromatic heterocycles. The van der Waals surface area contributed by atoms with Crippen molar-refractivity contribution in [1.29, 1.82) is 5.26 Å². The van der Waals surface area contributed by atoms with E-state index in [9.17, 15) is 84.3 Å². The van der Waals surface area contributed by atoms with Crippen molar-refractivity contribution < 1.29 is 93.2 Å². The number of fused-ring (bicyclic) bond motifs is 4. The Kier molecular flexibility index (Phi) is 19.4. The van der Waals surface area contributed by atoms with Crippen LogP contribution in [0, 0.1) is 17.1 Å². The highest BCUT2D eigenvalue weighted by Crippen LogP contribution is 2.48. The zero-order valence-electron chi connectivity index (χ0n) is 52.1. The van der Waals surface area contributed by atoms with E-state index in [4.69, 9.17) is 4.74 Å². The van der Waals surface area contributed by atoms with Crippen LogP contribution in [0.15, 0.2) is 153 Å². The van der Waals surface area contributed by atoms with Crippen LogP contribution in [0.25, 0.3) is 67.6 Å². The lowest BCUT2D eigenvalue weighted by atomic mass is 9.96. The maximum absolute atomic E-state index is 13.9. The van der Waals surface area contributed by atoms with E-state index in [0.717, 1.165) is 98.2 Å². The first-order valence-electron chi connectivity index (χ1n) is 29.0. The first-order valence-corrected chi connectivity index (χ1v) is 29.0. The molecule has 522 valence electrons. The Morgan fingerprint density at radius 2 is 0.870 bits per heavy atom. The molecule has 17 nitrogen and oxygen atoms in total. The molecule has 1 saturated carbocycles. The summed E-state index contributed by atoms with van der Waals surface area (Å²) in [5.41, 5.74) is 2.93. The number of nitriles is 1. The zero-order chi connectivity index (χ0) is 72.7. The number of rotatable bonds is 14. The van der Waals surface area contributed by atoms with Crippen LogP contribution in [-0.4, -0.2) is 88.7 Å². The van der Waals surface area contributed by atoms with Crippen LogP contribution in [-0.2, 0) is 46.6 Å². The second-order valence-electron chi connectivity index (χ2n) is 22.7. The van der Waals surface area contributed by atoms with Crippen LogP contribution in [0.2, 0.25) is 0 Å². The standard InChI is InChI=1S/C18H14F2N4.C17H14F5N3O2.C15H10F6N4O.C15H10F5N3/c1-17(19,20)15-8-23-16-9-22-14(10-24(15)16)12-2-4-13(5-3-12)18(11-21)6-7-18;1-16(18,19)14-6-24-15-7-23-13(8-25(14)15)12-4-3-11(27-17(20,21)22)5-10(12)9-26-2;1-14(17,18)11-4-23-12-5-22-10(6-25(11)12)8-2-9(16)13(24-3-8)26-7-15(19,20)21;1-14(16,17)12-6-22-13-7-21-11(8-23(12)13)9-2-4-10(5-3-9)15(18,19)20/h2-5,8-10H,6-7H2,1H3;3-8H,9H2,1-2H3;2-6H,7H2,1H3;2-8H,1H3. The average Bonchev–Trinajstić information content (AvgIpc) is 1.65. The van der Waals surface area contributed by atoms with E-state index in [1.807, 2.05) is 24.3 Å². The van der Waals surface area contributed by atoms with Gasteiger partial charge in [0.1, 0.15) is 28.5 Å². The Balaban J connectivity index is 0.000000144. The molecule has 3 aromatic carbocycles. The maximum Gasteiger partial charge on any atom is 0.573 e. The lowest BCUT2D eigenvalue weighted by Crippen LogP contribution is -2.20. The highest BCUT2D eigenvalue weighted by molar-refractivity contribution is 5.66. The predicted octanol–water partition coefficient (Wildman–Crippen LogP) is 17.1. The number of pyridine rings is 1. The van der Waals surface area contributed by atoms with Gasteiger partial charge in [0.05, 0.1) is 96.0 Å². The molecule has 0 radical (unpaired) electrons. The molecule has 1 aliphatic rings. The average molecular weight is 1420 g/mol. The van der Waals surface area contributed by atoms with Gasteiger partial charge in [-0.25, -0.2) is 29.3 Å². The monoisotopic (exact) mass is 1410 g/mol. The molecule has 35 heteroatoms. The largest absolute Gasteiger partial charge is 0.573 e. The van der Waals surface area contributed by atoms with Crippen LogP contribution in [0.4, 0.5) is 79.0 Å². The van der Waals surface area contributed by atoms with Crippen molar-refractivity contribution in [3.8, 4) is 62.7 Å². The molecule has 0 saturated heterocycles. The molecular formula is C65H48F18N14O3. The number of methoxy groups -OCH3 is 1. The summed E-state index contributed by atoms with van der Waals surface area (Å²) < 4.78 is 252. The molecule has 0 atom stereocenters. The molecule has 0 amide bonds. The molecule has 0 bridgehead atoms. The van der Waals surface area contributed by atoms with Crippen molar-refractivity contribution in [3.05, 3.63) is 199 Å². The van der Waals surface area contributed by atoms with Crippen molar-refractivity contribution in [3.63, 3.8) is 0 Å². The van der Waals surface area contributed by atoms with Crippen LogP contribution < -0.4 is 9.47 Å². The summed E-state index contributed by atoms with van der Waals surface area (Å²) in [6, 6.07) is 18.8. The molecular weight excluding hydrogens is 1370 g/mol. The third-order valence-corrected chi connectivity index (χ3v) is 14.9. The fourth-order valence-electron chi connectivity index (χ4n) is 9.94. The predicted molar refractivity (Wildman–Crippen MR) is 320 cm³/mol. The Hall–Kier alpha value is -10.9. The Morgan fingerprint density at radius 3 is 1.23 bits per heavy atom. The van der Waals surface area contributed by atoms with Gasteiger partial charge >= 0.3 is 18.7 Å². The first-order chi connectivity index (χ1) is 46.7. The van der Waals surface area contributed by atoms with E-state index in [1.54, 1.807) is 6.20 Å². The Morgan fingerprint density at radius 1 is 0.470 bits per heavy atom. The third kappa shape index (κ3) is 16.6. The van der Waals surface area contributed by atoms with Crippen molar-refractivity contribution in [1.82, 2.24) is 62.5 Å². The summed E-state index contributed by atoms with van der Waals surface area (Å²) in [5.74, 6) is -14.8. The summed E-state index contributed by atoms with van der Waals surface area (Å²) in [4.78, 5) is 35.5. The smallest absolute Gasteiger partial charge is 0.466 e. The fraction of sp³-hybridized carbons (Fsp3) is 0.262. The van der Waals surface area contributed by atoms with Gasteiger partial charge in [-0.1, -0.05) is 36.4 Å². The van der Waals surface area contributed by atoms with Gasteiger partial charge in [-0.3, -0.25) is 37.5 Å². The minimum atomic E-state index is -4.83. The minimum Gasteiger partial charge on any atom is -0.466 e. The second-order valence-corrected chi connectivity index (χ2v) is 22.7. The Labute approximate surface area is 552 Å². The number of nitrogens with zero attached hydrogens (tertiary/aromatic N) is 14. The van der Waals surface area contributed by atoms with Gasteiger partial charge in [0.2, 0.25) is 0 Å². The summed E-state index contributed by atoms with van der Waals surface area (Å²) >= 11 is 0. The molecule has 0 unspecified atom stereocenters. The van der Waals surface area contributed by atoms with Crippen molar-refractivity contribution in [2.24, 2.45) is 0 Å². The second kappa shape index (κ2) is 27.1. The highest BCUT2D eigenvalue weighted by Gasteiger charge is 2.45. The summed E-state index contributed by atoms with van der Waals surface area (Å²) in [6.45, 7) is 1.33. The topological polar surface area (TPSA) is 185 Å². The molecule has 0 N–H and O–H groups in total. The Bertz CT molecular complexity index is 4960. The molecule has 0 spiro atoms. The van der Waals surface area contributed by atoms with Crippen molar-refractivity contribution in [2.45, 2.75) is 95.0 Å². The number of benzene rings is 3. The lowest BCUT2D eigenvalue weighted by molar-refractivity contribution is -0.274. The number of imidazole rings is 4. The molecule has 1 fully saturated rings. The minimum absolute atomic E-state index is 0.0230. The van der Waals surface area contributed by atoms with E-state index in [1.165, 1.54) is 94.2 Å². The molecule has 0 aliphatic heterocycles. The fourth-order valence-corrected chi connectivity index (χ4v) is 9.94. The van der Waals surface area contributed by atoms with Crippen LogP contribution in [0.3, 0.4) is 0 Å². The van der Waals surface area contributed by atoms with Crippen LogP contribution in [0.5, 0.6) is 11.6 Å². The van der Waals surface area contributed by atoms with Crippen LogP contribution >= 0.6 is 0 Å². The number of hydrogen-bond donors (Lipinski definition) is 0. The van der Waals surface area contributed by atoms with Crippen molar-refractivity contribution in [2.75, 3.05) is 13.7 Å². The molecule has 12 aromatic rings. The van der Waals surface area contributed by atoms with Gasteiger partial charge in [-0.15, -0.1) is 13.2 Å². The molecule has 13 rings (SSSR count). The molecule has 1 aliphatic carbocycles. The van der Waals surface area contributed by atoms with Gasteiger partial charge in [0.15, 0.2) is 35.0 Å². The number of halogens is 18. The number of ether oxygens (including phenoxy) is 3. The summed E-state index contributed by atoms with van der Waals surface area (Å²) in [6.07, 6.45) is 3.93. The van der Waals surface area contributed by atoms with Gasteiger partial charge in [0, 0.05) is 88.0 Å². The quantitative estimate of drug-likeness (QED) is 0.0938. The molecule has 100 heavy (non-hydrogen) atoms. The zero-order valence-corrected chi connectivity index (χ0v) is 52.1. The maximum atomic E-state index is 13.9. The van der Waals surface area contributed by atoms with Gasteiger partial charge in [-0.2, -0.15) is 66.7 Å².